The highest BCUT2D eigenvalue weighted by atomic mass is 35.5. The van der Waals surface area contributed by atoms with E-state index in [2.05, 4.69) is 5.10 Å². The van der Waals surface area contributed by atoms with Crippen molar-refractivity contribution in [2.24, 2.45) is 0 Å². The van der Waals surface area contributed by atoms with Crippen molar-refractivity contribution in [1.29, 1.82) is 0 Å². The lowest BCUT2D eigenvalue weighted by molar-refractivity contribution is 0.0993. The summed E-state index contributed by atoms with van der Waals surface area (Å²) in [5.74, 6) is -0.111. The fourth-order valence-electron chi connectivity index (χ4n) is 3.16. The molecule has 5 nitrogen and oxygen atoms in total. The van der Waals surface area contributed by atoms with Crippen molar-refractivity contribution >= 4 is 28.2 Å². The molecule has 0 aliphatic rings. The van der Waals surface area contributed by atoms with E-state index in [1.165, 1.54) is 4.68 Å². The van der Waals surface area contributed by atoms with Gasteiger partial charge in [-0.1, -0.05) is 41.9 Å². The third kappa shape index (κ3) is 3.28. The number of para-hydroxylation sites is 1. The highest BCUT2D eigenvalue weighted by molar-refractivity contribution is 6.30. The van der Waals surface area contributed by atoms with E-state index >= 15 is 0 Å². The molecule has 0 aliphatic carbocycles. The van der Waals surface area contributed by atoms with E-state index in [4.69, 9.17) is 11.6 Å². The van der Waals surface area contributed by atoms with E-state index in [0.717, 1.165) is 0 Å². The summed E-state index contributed by atoms with van der Waals surface area (Å²) in [6, 6.07) is 20.3. The van der Waals surface area contributed by atoms with Gasteiger partial charge in [-0.25, -0.2) is 4.68 Å². The Morgan fingerprint density at radius 1 is 0.857 bits per heavy atom. The summed E-state index contributed by atoms with van der Waals surface area (Å²) >= 11 is 5.88. The Morgan fingerprint density at radius 2 is 1.50 bits per heavy atom. The molecule has 0 amide bonds. The maximum absolute atomic E-state index is 12.9. The van der Waals surface area contributed by atoms with Crippen LogP contribution in [0.25, 0.3) is 16.5 Å². The molecule has 0 saturated carbocycles. The van der Waals surface area contributed by atoms with Crippen molar-refractivity contribution in [2.75, 3.05) is 0 Å². The molecule has 1 aromatic heterocycles. The normalized spacial score (nSPS) is 10.9. The third-order valence-electron chi connectivity index (χ3n) is 4.57. The first kappa shape index (κ1) is 17.9. The van der Waals surface area contributed by atoms with Crippen LogP contribution in [0.2, 0.25) is 5.02 Å². The van der Waals surface area contributed by atoms with Gasteiger partial charge in [0.15, 0.2) is 5.78 Å². The summed E-state index contributed by atoms with van der Waals surface area (Å²) < 4.78 is 1.20. The van der Waals surface area contributed by atoms with Crippen LogP contribution in [-0.2, 0) is 6.42 Å². The molecule has 6 heteroatoms. The minimum Gasteiger partial charge on any atom is -0.294 e. The number of carbonyl (C=O) groups is 1. The largest absolute Gasteiger partial charge is 0.294 e. The monoisotopic (exact) mass is 390 g/mol. The van der Waals surface area contributed by atoms with Gasteiger partial charge < -0.3 is 0 Å². The molecule has 138 valence electrons. The minimum absolute atomic E-state index is 0.0824. The zero-order chi connectivity index (χ0) is 19.7. The summed E-state index contributed by atoms with van der Waals surface area (Å²) in [7, 11) is 0. The van der Waals surface area contributed by atoms with Crippen molar-refractivity contribution in [1.82, 2.24) is 9.78 Å². The maximum Gasteiger partial charge on any atom is 0.277 e. The first-order valence-electron chi connectivity index (χ1n) is 8.66. The highest BCUT2D eigenvalue weighted by Gasteiger charge is 2.14. The van der Waals surface area contributed by atoms with Gasteiger partial charge in [-0.15, -0.1) is 0 Å². The van der Waals surface area contributed by atoms with E-state index in [1.807, 2.05) is 0 Å². The van der Waals surface area contributed by atoms with Gasteiger partial charge in [0.2, 0.25) is 0 Å². The van der Waals surface area contributed by atoms with Gasteiger partial charge >= 0.3 is 0 Å². The van der Waals surface area contributed by atoms with Crippen LogP contribution >= 0.6 is 11.6 Å². The lowest BCUT2D eigenvalue weighted by atomic mass is 10.0. The average molecular weight is 391 g/mol. The van der Waals surface area contributed by atoms with E-state index < -0.39 is 0 Å². The van der Waals surface area contributed by atoms with E-state index in [0.29, 0.717) is 32.6 Å². The Hall–Kier alpha value is -3.44. The lowest BCUT2D eigenvalue weighted by Crippen LogP contribution is -2.29. The number of H-pyrrole nitrogens is 1. The molecule has 0 unspecified atom stereocenters. The molecule has 1 N–H and O–H groups in total. The molecule has 4 rings (SSSR count). The van der Waals surface area contributed by atoms with E-state index in [-0.39, 0.29) is 23.3 Å². The van der Waals surface area contributed by atoms with Crippen LogP contribution in [0, 0.1) is 0 Å². The number of benzene rings is 3. The molecule has 0 spiro atoms. The molecule has 28 heavy (non-hydrogen) atoms. The van der Waals surface area contributed by atoms with Crippen molar-refractivity contribution in [2.45, 2.75) is 6.42 Å². The standard InChI is InChI=1S/C22H15ClN2O3/c23-16-11-9-14(10-12-16)20(26)13-15-5-1-4-8-19(15)25-22(28)18-7-3-2-6-17(18)21(27)24-25/h1-12H,13H2,(H,24,27). The molecule has 0 atom stereocenters. The molecule has 0 radical (unpaired) electrons. The number of ketones is 1. The number of nitrogens with zero attached hydrogens (tertiary/aromatic N) is 1. The number of nitrogens with one attached hydrogen (secondary N) is 1. The topological polar surface area (TPSA) is 71.9 Å². The van der Waals surface area contributed by atoms with Gasteiger partial charge in [-0.05, 0) is 48.0 Å². The van der Waals surface area contributed by atoms with E-state index in [9.17, 15) is 14.4 Å². The van der Waals surface area contributed by atoms with Gasteiger partial charge in [0.25, 0.3) is 11.1 Å². The molecule has 4 aromatic rings. The van der Waals surface area contributed by atoms with Crippen molar-refractivity contribution in [3.05, 3.63) is 110 Å². The summed E-state index contributed by atoms with van der Waals surface area (Å²) in [5.41, 5.74) is 0.919. The molecule has 0 aliphatic heterocycles. The second-order valence-electron chi connectivity index (χ2n) is 6.36. The zero-order valence-corrected chi connectivity index (χ0v) is 15.4. The van der Waals surface area contributed by atoms with Crippen LogP contribution < -0.4 is 11.1 Å². The predicted octanol–water partition coefficient (Wildman–Crippen LogP) is 3.76. The number of aromatic amines is 1. The summed E-state index contributed by atoms with van der Waals surface area (Å²) in [4.78, 5) is 38.0. The maximum atomic E-state index is 12.9. The Labute approximate surface area is 164 Å². The quantitative estimate of drug-likeness (QED) is 0.539. The Balaban J connectivity index is 1.81. The van der Waals surface area contributed by atoms with Crippen molar-refractivity contribution in [3.8, 4) is 5.69 Å². The molecule has 1 heterocycles. The fraction of sp³-hybridized carbons (Fsp3) is 0.0455. The summed E-state index contributed by atoms with van der Waals surface area (Å²) in [5, 5.41) is 3.82. The smallest absolute Gasteiger partial charge is 0.277 e. The SMILES string of the molecule is O=C(Cc1ccccc1-n1[nH]c(=O)c2ccccc2c1=O)c1ccc(Cl)cc1. The average Bonchev–Trinajstić information content (AvgIpc) is 2.72. The van der Waals surface area contributed by atoms with Crippen LogP contribution in [0.5, 0.6) is 0 Å². The minimum atomic E-state index is -0.367. The van der Waals surface area contributed by atoms with Crippen LogP contribution in [-0.4, -0.2) is 15.6 Å². The van der Waals surface area contributed by atoms with E-state index in [1.54, 1.807) is 72.8 Å². The first-order valence-corrected chi connectivity index (χ1v) is 9.03. The Kier molecular flexibility index (Phi) is 4.67. The Morgan fingerprint density at radius 3 is 2.25 bits per heavy atom. The highest BCUT2D eigenvalue weighted by Crippen LogP contribution is 2.17. The lowest BCUT2D eigenvalue weighted by Gasteiger charge is -2.12. The number of aromatic nitrogens is 2. The number of hydrogen-bond donors (Lipinski definition) is 1. The molecule has 0 saturated heterocycles. The van der Waals surface area contributed by atoms with Crippen LogP contribution in [0.4, 0.5) is 0 Å². The van der Waals surface area contributed by atoms with Gasteiger partial charge in [-0.3, -0.25) is 19.5 Å². The van der Waals surface area contributed by atoms with Gasteiger partial charge in [0.1, 0.15) is 0 Å². The van der Waals surface area contributed by atoms with Gasteiger partial charge in [0.05, 0.1) is 16.5 Å². The fourth-order valence-corrected chi connectivity index (χ4v) is 3.29. The van der Waals surface area contributed by atoms with Crippen molar-refractivity contribution in [3.63, 3.8) is 0 Å². The van der Waals surface area contributed by atoms with Crippen LogP contribution in [0.1, 0.15) is 15.9 Å². The number of Topliss-reactive ketones (excluding diaryl/α,β-unsaturated/α-hetero) is 1. The number of fused-ring (bicyclic) bond motifs is 1. The third-order valence-corrected chi connectivity index (χ3v) is 4.82. The van der Waals surface area contributed by atoms with Crippen LogP contribution in [0.3, 0.4) is 0 Å². The molecular formula is C22H15ClN2O3. The molecule has 0 bridgehead atoms. The number of halogens is 1. The summed E-state index contributed by atoms with van der Waals surface area (Å²) in [6.07, 6.45) is 0.0824. The predicted molar refractivity (Wildman–Crippen MR) is 110 cm³/mol. The summed E-state index contributed by atoms with van der Waals surface area (Å²) in [6.45, 7) is 0. The number of rotatable bonds is 4. The second kappa shape index (κ2) is 7.29. The Bertz CT molecular complexity index is 1300. The van der Waals surface area contributed by atoms with Gasteiger partial charge in [-0.2, -0.15) is 0 Å². The number of carbonyl (C=O) groups excluding carboxylic acids is 1. The number of hydrogen-bond acceptors (Lipinski definition) is 3. The van der Waals surface area contributed by atoms with Crippen LogP contribution in [0.15, 0.2) is 82.4 Å². The molecular weight excluding hydrogens is 376 g/mol. The zero-order valence-electron chi connectivity index (χ0n) is 14.7. The first-order chi connectivity index (χ1) is 13.5. The molecule has 0 fully saturated rings. The molecule has 3 aromatic carbocycles. The van der Waals surface area contributed by atoms with Crippen molar-refractivity contribution < 1.29 is 4.79 Å². The second-order valence-corrected chi connectivity index (χ2v) is 6.80. The van der Waals surface area contributed by atoms with Gasteiger partial charge in [0, 0.05) is 17.0 Å².